The Balaban J connectivity index is 1.58. The molecule has 0 aromatic heterocycles. The van der Waals surface area contributed by atoms with Crippen LogP contribution in [0.1, 0.15) is 28.4 Å². The number of ether oxygens (including phenoxy) is 1. The van der Waals surface area contributed by atoms with Crippen LogP contribution in [0.2, 0.25) is 0 Å². The molecule has 27 heavy (non-hydrogen) atoms. The van der Waals surface area contributed by atoms with Crippen LogP contribution in [-0.2, 0) is 12.8 Å². The molecule has 0 bridgehead atoms. The van der Waals surface area contributed by atoms with E-state index in [1.807, 2.05) is 43.3 Å². The van der Waals surface area contributed by atoms with Crippen molar-refractivity contribution >= 4 is 23.0 Å². The largest absolute Gasteiger partial charge is 0.493 e. The van der Waals surface area contributed by atoms with Crippen LogP contribution in [0.25, 0.3) is 0 Å². The van der Waals surface area contributed by atoms with Gasteiger partial charge in [-0.15, -0.1) is 0 Å². The molecule has 0 fully saturated rings. The second kappa shape index (κ2) is 7.54. The Morgan fingerprint density at radius 1 is 0.963 bits per heavy atom. The van der Waals surface area contributed by atoms with Crippen LogP contribution in [0.4, 0.5) is 17.1 Å². The quantitative estimate of drug-likeness (QED) is 0.676. The van der Waals surface area contributed by atoms with Gasteiger partial charge in [-0.1, -0.05) is 36.4 Å². The number of benzene rings is 3. The van der Waals surface area contributed by atoms with E-state index in [0.717, 1.165) is 29.9 Å². The number of para-hydroxylation sites is 2. The molecular weight excluding hydrogens is 336 g/mol. The van der Waals surface area contributed by atoms with Gasteiger partial charge in [-0.25, -0.2) is 0 Å². The molecule has 0 aliphatic carbocycles. The van der Waals surface area contributed by atoms with Crippen molar-refractivity contribution in [2.45, 2.75) is 19.8 Å². The summed E-state index contributed by atoms with van der Waals surface area (Å²) in [5.41, 5.74) is 6.02. The number of hydrogen-bond donors (Lipinski definition) is 2. The summed E-state index contributed by atoms with van der Waals surface area (Å²) in [4.78, 5) is 12.7. The number of aryl methyl sites for hydroxylation is 2. The highest BCUT2D eigenvalue weighted by atomic mass is 16.5. The Bertz CT molecular complexity index is 982. The lowest BCUT2D eigenvalue weighted by Gasteiger charge is -2.13. The first-order chi connectivity index (χ1) is 13.2. The summed E-state index contributed by atoms with van der Waals surface area (Å²) < 4.78 is 5.57. The summed E-state index contributed by atoms with van der Waals surface area (Å²) in [6.45, 7) is 2.43. The maximum Gasteiger partial charge on any atom is 0.259 e. The van der Waals surface area contributed by atoms with Gasteiger partial charge in [-0.3, -0.25) is 4.79 Å². The molecule has 4 heteroatoms. The Morgan fingerprint density at radius 3 is 2.56 bits per heavy atom. The smallest absolute Gasteiger partial charge is 0.259 e. The Hall–Kier alpha value is -3.27. The molecule has 1 heterocycles. The first-order valence-electron chi connectivity index (χ1n) is 9.25. The molecule has 0 spiro atoms. The minimum Gasteiger partial charge on any atom is -0.493 e. The number of anilines is 3. The van der Waals surface area contributed by atoms with Crippen molar-refractivity contribution in [1.29, 1.82) is 0 Å². The number of nitrogens with one attached hydrogen (secondary N) is 2. The van der Waals surface area contributed by atoms with Crippen molar-refractivity contribution < 1.29 is 9.53 Å². The van der Waals surface area contributed by atoms with Crippen molar-refractivity contribution in [3.8, 4) is 5.75 Å². The van der Waals surface area contributed by atoms with Crippen LogP contribution in [0.15, 0.2) is 66.7 Å². The number of rotatable bonds is 4. The predicted octanol–water partition coefficient (Wildman–Crippen LogP) is 5.18. The fraction of sp³-hybridized carbons (Fsp3) is 0.174. The van der Waals surface area contributed by atoms with Crippen molar-refractivity contribution in [2.24, 2.45) is 0 Å². The molecule has 0 saturated heterocycles. The molecule has 0 atom stereocenters. The Morgan fingerprint density at radius 2 is 1.70 bits per heavy atom. The van der Waals surface area contributed by atoms with Crippen molar-refractivity contribution in [3.05, 3.63) is 83.4 Å². The van der Waals surface area contributed by atoms with Gasteiger partial charge in [0.15, 0.2) is 0 Å². The monoisotopic (exact) mass is 358 g/mol. The van der Waals surface area contributed by atoms with E-state index >= 15 is 0 Å². The van der Waals surface area contributed by atoms with Gasteiger partial charge in [0, 0.05) is 17.1 Å². The van der Waals surface area contributed by atoms with Crippen LogP contribution >= 0.6 is 0 Å². The van der Waals surface area contributed by atoms with E-state index in [1.54, 1.807) is 6.07 Å². The number of fused-ring (bicyclic) bond motifs is 2. The van der Waals surface area contributed by atoms with Gasteiger partial charge in [0.1, 0.15) is 5.75 Å². The summed E-state index contributed by atoms with van der Waals surface area (Å²) in [6, 6.07) is 21.7. The van der Waals surface area contributed by atoms with E-state index in [-0.39, 0.29) is 5.91 Å². The average Bonchev–Trinajstić information content (AvgIpc) is 2.87. The van der Waals surface area contributed by atoms with Crippen molar-refractivity contribution in [1.82, 2.24) is 0 Å². The zero-order valence-corrected chi connectivity index (χ0v) is 15.3. The van der Waals surface area contributed by atoms with Crippen molar-refractivity contribution in [3.63, 3.8) is 0 Å². The summed E-state index contributed by atoms with van der Waals surface area (Å²) >= 11 is 0. The molecule has 4 rings (SSSR count). The highest BCUT2D eigenvalue weighted by molar-refractivity contribution is 6.06. The molecule has 1 aliphatic rings. The highest BCUT2D eigenvalue weighted by Gasteiger charge is 2.15. The fourth-order valence-electron chi connectivity index (χ4n) is 3.40. The van der Waals surface area contributed by atoms with Gasteiger partial charge < -0.3 is 15.4 Å². The summed E-state index contributed by atoms with van der Waals surface area (Å²) in [7, 11) is 0. The lowest BCUT2D eigenvalue weighted by molar-refractivity contribution is 0.102. The zero-order valence-electron chi connectivity index (χ0n) is 15.3. The van der Waals surface area contributed by atoms with Gasteiger partial charge in [-0.2, -0.15) is 0 Å². The van der Waals surface area contributed by atoms with E-state index in [9.17, 15) is 4.79 Å². The summed E-state index contributed by atoms with van der Waals surface area (Å²) in [5.74, 6) is 0.423. The first kappa shape index (κ1) is 17.2. The molecule has 4 nitrogen and oxygen atoms in total. The average molecular weight is 358 g/mol. The van der Waals surface area contributed by atoms with Gasteiger partial charge in [0.25, 0.3) is 5.91 Å². The topological polar surface area (TPSA) is 50.4 Å². The van der Waals surface area contributed by atoms with Gasteiger partial charge in [-0.05, 0) is 61.2 Å². The standard InChI is InChI=1S/C23H22N2O2/c1-2-27-22-10-6-4-8-19(22)23(26)24-18-14-13-17-12-11-16-7-3-5-9-20(16)25-21(17)15-18/h3-10,13-15,25H,2,11-12H2,1H3,(H,24,26). The fourth-order valence-corrected chi connectivity index (χ4v) is 3.40. The zero-order chi connectivity index (χ0) is 18.6. The highest BCUT2D eigenvalue weighted by Crippen LogP contribution is 2.32. The molecule has 2 N–H and O–H groups in total. The van der Waals surface area contributed by atoms with Crippen LogP contribution < -0.4 is 15.4 Å². The normalized spacial score (nSPS) is 12.2. The third-order valence-electron chi connectivity index (χ3n) is 4.75. The predicted molar refractivity (Wildman–Crippen MR) is 109 cm³/mol. The Labute approximate surface area is 159 Å². The van der Waals surface area contributed by atoms with E-state index < -0.39 is 0 Å². The molecule has 0 unspecified atom stereocenters. The van der Waals surface area contributed by atoms with Crippen LogP contribution in [0.3, 0.4) is 0 Å². The van der Waals surface area contributed by atoms with Crippen LogP contribution in [0.5, 0.6) is 5.75 Å². The maximum absolute atomic E-state index is 12.7. The van der Waals surface area contributed by atoms with E-state index in [4.69, 9.17) is 4.74 Å². The number of amides is 1. The second-order valence-electron chi connectivity index (χ2n) is 6.54. The molecule has 0 radical (unpaired) electrons. The van der Waals surface area contributed by atoms with Gasteiger partial charge in [0.05, 0.1) is 12.2 Å². The van der Waals surface area contributed by atoms with Gasteiger partial charge >= 0.3 is 0 Å². The Kier molecular flexibility index (Phi) is 4.79. The van der Waals surface area contributed by atoms with Crippen molar-refractivity contribution in [2.75, 3.05) is 17.2 Å². The third-order valence-corrected chi connectivity index (χ3v) is 4.75. The molecule has 1 amide bonds. The number of carbonyl (C=O) groups is 1. The lowest BCUT2D eigenvalue weighted by Crippen LogP contribution is -2.14. The molecule has 0 saturated carbocycles. The number of hydrogen-bond acceptors (Lipinski definition) is 3. The molecule has 3 aromatic rings. The minimum atomic E-state index is -0.173. The lowest BCUT2D eigenvalue weighted by atomic mass is 10.0. The number of carbonyl (C=O) groups excluding carboxylic acids is 1. The molecule has 3 aromatic carbocycles. The second-order valence-corrected chi connectivity index (χ2v) is 6.54. The van der Waals surface area contributed by atoms with E-state index in [2.05, 4.69) is 34.9 Å². The van der Waals surface area contributed by atoms with Crippen LogP contribution in [-0.4, -0.2) is 12.5 Å². The third kappa shape index (κ3) is 3.65. The van der Waals surface area contributed by atoms with E-state index in [1.165, 1.54) is 11.1 Å². The molecule has 136 valence electrons. The van der Waals surface area contributed by atoms with Crippen LogP contribution in [0, 0.1) is 0 Å². The van der Waals surface area contributed by atoms with E-state index in [0.29, 0.717) is 17.9 Å². The first-order valence-corrected chi connectivity index (χ1v) is 9.25. The maximum atomic E-state index is 12.7. The summed E-state index contributed by atoms with van der Waals surface area (Å²) in [6.07, 6.45) is 1.98. The van der Waals surface area contributed by atoms with Gasteiger partial charge in [0.2, 0.25) is 0 Å². The SMILES string of the molecule is CCOc1ccccc1C(=O)Nc1ccc2c(c1)Nc1ccccc1CC2. The summed E-state index contributed by atoms with van der Waals surface area (Å²) in [5, 5.41) is 6.50. The molecule has 1 aliphatic heterocycles. The minimum absolute atomic E-state index is 0.173. The molecular formula is C23H22N2O2.